The minimum atomic E-state index is -0.852. The van der Waals surface area contributed by atoms with E-state index in [0.717, 1.165) is 12.8 Å². The van der Waals surface area contributed by atoms with E-state index in [-0.39, 0.29) is 5.97 Å². The molecule has 0 amide bonds. The molecule has 0 spiro atoms. The number of rotatable bonds is 5. The number of hydrogen-bond acceptors (Lipinski definition) is 3. The molecule has 0 aliphatic heterocycles. The number of carbonyl (C=O) groups is 1. The van der Waals surface area contributed by atoms with Gasteiger partial charge in [0.1, 0.15) is 0 Å². The Morgan fingerprint density at radius 1 is 1.44 bits per heavy atom. The molecule has 0 saturated heterocycles. The van der Waals surface area contributed by atoms with Gasteiger partial charge in [-0.1, -0.05) is 19.8 Å². The van der Waals surface area contributed by atoms with Crippen molar-refractivity contribution in [3.05, 3.63) is 0 Å². The lowest BCUT2D eigenvalue weighted by Gasteiger charge is -2.25. The van der Waals surface area contributed by atoms with Crippen LogP contribution in [0.3, 0.4) is 0 Å². The maximum Gasteiger partial charge on any atom is 0.306 e. The molecule has 1 fully saturated rings. The Kier molecular flexibility index (Phi) is 6.03. The Morgan fingerprint density at radius 2 is 2.19 bits per heavy atom. The fourth-order valence-corrected chi connectivity index (χ4v) is 3.87. The third kappa shape index (κ3) is 4.64. The summed E-state index contributed by atoms with van der Waals surface area (Å²) < 4.78 is 16.8. The van der Waals surface area contributed by atoms with Gasteiger partial charge in [-0.3, -0.25) is 9.00 Å². The van der Waals surface area contributed by atoms with Gasteiger partial charge in [0.15, 0.2) is 0 Å². The Bertz CT molecular complexity index is 253. The smallest absolute Gasteiger partial charge is 0.306 e. The van der Waals surface area contributed by atoms with Gasteiger partial charge in [0.05, 0.1) is 13.0 Å². The summed E-state index contributed by atoms with van der Waals surface area (Å²) in [7, 11) is -0.852. The van der Waals surface area contributed by atoms with Crippen molar-refractivity contribution in [2.75, 3.05) is 12.4 Å². The zero-order valence-corrected chi connectivity index (χ0v) is 11.1. The molecule has 0 aromatic carbocycles. The van der Waals surface area contributed by atoms with Gasteiger partial charge in [0.2, 0.25) is 0 Å². The summed E-state index contributed by atoms with van der Waals surface area (Å²) in [6.07, 6.45) is 4.84. The zero-order chi connectivity index (χ0) is 12.0. The van der Waals surface area contributed by atoms with Crippen LogP contribution >= 0.6 is 0 Å². The summed E-state index contributed by atoms with van der Waals surface area (Å²) >= 11 is 0. The van der Waals surface area contributed by atoms with Crippen molar-refractivity contribution in [2.24, 2.45) is 5.92 Å². The van der Waals surface area contributed by atoms with Crippen molar-refractivity contribution in [2.45, 2.75) is 51.2 Å². The second-order valence-corrected chi connectivity index (χ2v) is 6.37. The first-order chi connectivity index (χ1) is 7.63. The minimum absolute atomic E-state index is 0.222. The largest absolute Gasteiger partial charge is 0.466 e. The monoisotopic (exact) mass is 246 g/mol. The molecule has 16 heavy (non-hydrogen) atoms. The van der Waals surface area contributed by atoms with Crippen LogP contribution in [0, 0.1) is 5.92 Å². The number of esters is 1. The first kappa shape index (κ1) is 13.7. The maximum atomic E-state index is 12.0. The van der Waals surface area contributed by atoms with E-state index in [1.807, 2.05) is 0 Å². The van der Waals surface area contributed by atoms with Crippen molar-refractivity contribution in [3.63, 3.8) is 0 Å². The molecule has 1 aliphatic rings. The van der Waals surface area contributed by atoms with Crippen molar-refractivity contribution in [1.29, 1.82) is 0 Å². The van der Waals surface area contributed by atoms with Gasteiger partial charge in [-0.25, -0.2) is 0 Å². The molecule has 1 saturated carbocycles. The third-order valence-corrected chi connectivity index (χ3v) is 4.85. The molecule has 1 aliphatic carbocycles. The minimum Gasteiger partial charge on any atom is -0.466 e. The molecule has 0 heterocycles. The third-order valence-electron chi connectivity index (χ3n) is 3.07. The lowest BCUT2D eigenvalue weighted by Crippen LogP contribution is -2.25. The highest BCUT2D eigenvalue weighted by molar-refractivity contribution is 7.85. The molecular formula is C12H22O3S. The van der Waals surface area contributed by atoms with Gasteiger partial charge in [-0.05, 0) is 25.7 Å². The van der Waals surface area contributed by atoms with Crippen molar-refractivity contribution < 1.29 is 13.7 Å². The Hall–Kier alpha value is -0.380. The molecule has 0 aromatic rings. The first-order valence-electron chi connectivity index (χ1n) is 6.16. The van der Waals surface area contributed by atoms with Crippen LogP contribution in [0.15, 0.2) is 0 Å². The van der Waals surface area contributed by atoms with E-state index in [0.29, 0.717) is 29.9 Å². The number of hydrogen-bond donors (Lipinski definition) is 0. The Labute approximate surface area is 100 Å². The van der Waals surface area contributed by atoms with Gasteiger partial charge >= 0.3 is 5.97 Å². The van der Waals surface area contributed by atoms with E-state index >= 15 is 0 Å². The average Bonchev–Trinajstić information content (AvgIpc) is 2.26. The Balaban J connectivity index is 2.26. The summed E-state index contributed by atoms with van der Waals surface area (Å²) in [5.74, 6) is 0.931. The summed E-state index contributed by atoms with van der Waals surface area (Å²) in [4.78, 5) is 11.1. The van der Waals surface area contributed by atoms with E-state index in [4.69, 9.17) is 4.74 Å². The molecule has 3 atom stereocenters. The van der Waals surface area contributed by atoms with Crippen LogP contribution in [0.2, 0.25) is 0 Å². The average molecular weight is 246 g/mol. The molecule has 3 unspecified atom stereocenters. The number of carbonyl (C=O) groups excluding carboxylic acids is 1. The van der Waals surface area contributed by atoms with Gasteiger partial charge in [-0.2, -0.15) is 0 Å². The summed E-state index contributed by atoms with van der Waals surface area (Å²) in [5, 5.41) is 0.304. The van der Waals surface area contributed by atoms with E-state index in [1.165, 1.54) is 12.8 Å². The normalized spacial score (nSPS) is 27.4. The van der Waals surface area contributed by atoms with Crippen LogP contribution in [-0.2, 0) is 20.3 Å². The fourth-order valence-electron chi connectivity index (χ4n) is 2.20. The molecule has 94 valence electrons. The van der Waals surface area contributed by atoms with E-state index in [2.05, 4.69) is 6.92 Å². The maximum absolute atomic E-state index is 12.0. The van der Waals surface area contributed by atoms with Gasteiger partial charge in [0.25, 0.3) is 0 Å². The molecular weight excluding hydrogens is 224 g/mol. The molecule has 0 radical (unpaired) electrons. The molecule has 3 nitrogen and oxygen atoms in total. The molecule has 0 bridgehead atoms. The van der Waals surface area contributed by atoms with Gasteiger partial charge < -0.3 is 4.74 Å². The van der Waals surface area contributed by atoms with Crippen molar-refractivity contribution >= 4 is 16.8 Å². The van der Waals surface area contributed by atoms with Crippen LogP contribution in [0.1, 0.15) is 46.0 Å². The highest BCUT2D eigenvalue weighted by Crippen LogP contribution is 2.27. The summed E-state index contributed by atoms with van der Waals surface area (Å²) in [5.41, 5.74) is 0. The quantitative estimate of drug-likeness (QED) is 0.699. The highest BCUT2D eigenvalue weighted by Gasteiger charge is 2.24. The predicted molar refractivity (Wildman–Crippen MR) is 65.7 cm³/mol. The standard InChI is InChI=1S/C12H22O3S/c1-3-15-12(13)7-8-16(14)11-6-4-5-10(2)9-11/h10-11H,3-9H2,1-2H3. The van der Waals surface area contributed by atoms with Gasteiger partial charge in [0, 0.05) is 21.8 Å². The number of ether oxygens (including phenoxy) is 1. The second-order valence-electron chi connectivity index (χ2n) is 4.53. The zero-order valence-electron chi connectivity index (χ0n) is 10.2. The highest BCUT2D eigenvalue weighted by atomic mass is 32.2. The predicted octanol–water partition coefficient (Wildman–Crippen LogP) is 2.27. The summed E-state index contributed by atoms with van der Waals surface area (Å²) in [6.45, 7) is 4.41. The van der Waals surface area contributed by atoms with Crippen LogP contribution in [-0.4, -0.2) is 27.8 Å². The Morgan fingerprint density at radius 3 is 2.81 bits per heavy atom. The molecule has 1 rings (SSSR count). The van der Waals surface area contributed by atoms with Crippen LogP contribution in [0.4, 0.5) is 0 Å². The van der Waals surface area contributed by atoms with E-state index in [9.17, 15) is 9.00 Å². The molecule has 4 heteroatoms. The fraction of sp³-hybridized carbons (Fsp3) is 0.917. The lowest BCUT2D eigenvalue weighted by molar-refractivity contribution is -0.142. The first-order valence-corrected chi connectivity index (χ1v) is 7.54. The second kappa shape index (κ2) is 7.05. The summed E-state index contributed by atoms with van der Waals surface area (Å²) in [6, 6.07) is 0. The van der Waals surface area contributed by atoms with Crippen molar-refractivity contribution in [1.82, 2.24) is 0 Å². The molecule has 0 N–H and O–H groups in total. The topological polar surface area (TPSA) is 43.4 Å². The van der Waals surface area contributed by atoms with Crippen molar-refractivity contribution in [3.8, 4) is 0 Å². The lowest BCUT2D eigenvalue weighted by atomic mass is 9.91. The van der Waals surface area contributed by atoms with Crippen LogP contribution < -0.4 is 0 Å². The molecule has 0 aromatic heterocycles. The van der Waals surface area contributed by atoms with E-state index in [1.54, 1.807) is 6.92 Å². The van der Waals surface area contributed by atoms with Crippen LogP contribution in [0.5, 0.6) is 0 Å². The SMILES string of the molecule is CCOC(=O)CCS(=O)C1CCCC(C)C1. The van der Waals surface area contributed by atoms with E-state index < -0.39 is 10.8 Å². The van der Waals surface area contributed by atoms with Crippen LogP contribution in [0.25, 0.3) is 0 Å². The van der Waals surface area contributed by atoms with Gasteiger partial charge in [-0.15, -0.1) is 0 Å².